The summed E-state index contributed by atoms with van der Waals surface area (Å²) >= 11 is 0. The topological polar surface area (TPSA) is 125 Å². The number of aryl methyl sites for hydroxylation is 1. The normalized spacial score (nSPS) is 12.5. The number of aromatic amines is 1. The van der Waals surface area contributed by atoms with Crippen LogP contribution in [0.3, 0.4) is 0 Å². The fraction of sp³-hybridized carbons (Fsp3) is 0.478. The van der Waals surface area contributed by atoms with Gasteiger partial charge in [-0.05, 0) is 59.4 Å². The molecule has 1 heterocycles. The number of carbonyl (C=O) groups excluding carboxylic acids is 3. The zero-order valence-electron chi connectivity index (χ0n) is 19.3. The van der Waals surface area contributed by atoms with Crippen molar-refractivity contribution in [1.82, 2.24) is 20.6 Å². The summed E-state index contributed by atoms with van der Waals surface area (Å²) in [6.07, 6.45) is 4.10. The number of rotatable bonds is 9. The highest BCUT2D eigenvalue weighted by Crippen LogP contribution is 2.12. The molecule has 0 aliphatic rings. The first-order valence-electron chi connectivity index (χ1n) is 10.6. The number of hydrogen-bond acceptors (Lipinski definition) is 5. The van der Waals surface area contributed by atoms with Crippen molar-refractivity contribution in [2.75, 3.05) is 5.32 Å². The number of H-pyrrole nitrogens is 1. The van der Waals surface area contributed by atoms with Crippen molar-refractivity contribution >= 4 is 23.7 Å². The monoisotopic (exact) mass is 443 g/mol. The Bertz CT molecular complexity index is 889. The maximum Gasteiger partial charge on any atom is 0.408 e. The maximum atomic E-state index is 12.9. The van der Waals surface area contributed by atoms with Gasteiger partial charge in [-0.1, -0.05) is 30.3 Å². The molecule has 0 aliphatic carbocycles. The SMILES string of the molecule is CC(C)(C)OC(=O)NC(C)(C)C(=O)N[C@H](CCCc1ccccc1)C(=O)Nc1cnc[nH]1. The molecule has 9 nitrogen and oxygen atoms in total. The summed E-state index contributed by atoms with van der Waals surface area (Å²) in [5.41, 5.74) is -0.826. The molecule has 174 valence electrons. The van der Waals surface area contributed by atoms with E-state index in [0.29, 0.717) is 18.7 Å². The first-order chi connectivity index (χ1) is 15.0. The van der Waals surface area contributed by atoms with Crippen LogP contribution in [-0.2, 0) is 20.7 Å². The second-order valence-corrected chi connectivity index (χ2v) is 9.11. The summed E-state index contributed by atoms with van der Waals surface area (Å²) in [5.74, 6) is -0.431. The number of carbonyl (C=O) groups is 3. The second kappa shape index (κ2) is 10.8. The molecule has 0 spiro atoms. The molecule has 0 aliphatic heterocycles. The molecule has 32 heavy (non-hydrogen) atoms. The van der Waals surface area contributed by atoms with Crippen LogP contribution in [0.15, 0.2) is 42.9 Å². The van der Waals surface area contributed by atoms with Gasteiger partial charge in [0.05, 0.1) is 12.5 Å². The average molecular weight is 444 g/mol. The van der Waals surface area contributed by atoms with Gasteiger partial charge in [-0.15, -0.1) is 0 Å². The third-order valence-electron chi connectivity index (χ3n) is 4.56. The van der Waals surface area contributed by atoms with Gasteiger partial charge in [0.15, 0.2) is 0 Å². The maximum absolute atomic E-state index is 12.9. The fourth-order valence-electron chi connectivity index (χ4n) is 2.92. The smallest absolute Gasteiger partial charge is 0.408 e. The zero-order chi connectivity index (χ0) is 23.8. The Morgan fingerprint density at radius 3 is 2.38 bits per heavy atom. The predicted octanol–water partition coefficient (Wildman–Crippen LogP) is 3.16. The van der Waals surface area contributed by atoms with Gasteiger partial charge in [0.2, 0.25) is 11.8 Å². The van der Waals surface area contributed by atoms with Crippen LogP contribution < -0.4 is 16.0 Å². The molecule has 0 saturated carbocycles. The van der Waals surface area contributed by atoms with E-state index in [9.17, 15) is 14.4 Å². The molecule has 9 heteroatoms. The van der Waals surface area contributed by atoms with E-state index in [1.54, 1.807) is 34.6 Å². The van der Waals surface area contributed by atoms with Crippen LogP contribution in [0.1, 0.15) is 53.0 Å². The molecule has 1 atom stereocenters. The van der Waals surface area contributed by atoms with Gasteiger partial charge in [0, 0.05) is 0 Å². The van der Waals surface area contributed by atoms with Gasteiger partial charge in [-0.25, -0.2) is 9.78 Å². The van der Waals surface area contributed by atoms with E-state index < -0.39 is 29.2 Å². The second-order valence-electron chi connectivity index (χ2n) is 9.11. The minimum atomic E-state index is -1.28. The van der Waals surface area contributed by atoms with Gasteiger partial charge in [-0.3, -0.25) is 9.59 Å². The lowest BCUT2D eigenvalue weighted by Gasteiger charge is -2.29. The molecular formula is C23H33N5O4. The molecule has 1 aromatic carbocycles. The Kier molecular flexibility index (Phi) is 8.40. The molecule has 1 aromatic heterocycles. The van der Waals surface area contributed by atoms with Crippen molar-refractivity contribution in [2.45, 2.75) is 71.1 Å². The van der Waals surface area contributed by atoms with E-state index in [0.717, 1.165) is 12.0 Å². The molecular weight excluding hydrogens is 410 g/mol. The van der Waals surface area contributed by atoms with Crippen molar-refractivity contribution < 1.29 is 19.1 Å². The largest absolute Gasteiger partial charge is 0.444 e. The van der Waals surface area contributed by atoms with Gasteiger partial charge in [0.25, 0.3) is 0 Å². The van der Waals surface area contributed by atoms with E-state index in [2.05, 4.69) is 25.9 Å². The lowest BCUT2D eigenvalue weighted by Crippen LogP contribution is -2.58. The van der Waals surface area contributed by atoms with Gasteiger partial charge in [-0.2, -0.15) is 0 Å². The van der Waals surface area contributed by atoms with Crippen LogP contribution in [0.5, 0.6) is 0 Å². The Labute approximate surface area is 188 Å². The first kappa shape index (κ1) is 24.9. The average Bonchev–Trinajstić information content (AvgIpc) is 3.18. The Balaban J connectivity index is 2.03. The molecule has 0 unspecified atom stereocenters. The zero-order valence-corrected chi connectivity index (χ0v) is 19.3. The molecule has 2 rings (SSSR count). The number of amides is 3. The molecule has 4 N–H and O–H groups in total. The first-order valence-corrected chi connectivity index (χ1v) is 10.6. The number of benzene rings is 1. The van der Waals surface area contributed by atoms with Crippen molar-refractivity contribution in [3.63, 3.8) is 0 Å². The van der Waals surface area contributed by atoms with Crippen molar-refractivity contribution in [2.24, 2.45) is 0 Å². The highest BCUT2D eigenvalue weighted by atomic mass is 16.6. The summed E-state index contributed by atoms with van der Waals surface area (Å²) in [5, 5.41) is 8.05. The number of nitrogens with one attached hydrogen (secondary N) is 4. The van der Waals surface area contributed by atoms with Crippen LogP contribution in [0, 0.1) is 0 Å². The number of ether oxygens (including phenoxy) is 1. The van der Waals surface area contributed by atoms with E-state index in [1.807, 2.05) is 30.3 Å². The third kappa shape index (κ3) is 8.41. The summed E-state index contributed by atoms with van der Waals surface area (Å²) in [7, 11) is 0. The highest BCUT2D eigenvalue weighted by molar-refractivity contribution is 5.98. The molecule has 3 amide bonds. The van der Waals surface area contributed by atoms with Crippen molar-refractivity contribution in [3.8, 4) is 0 Å². The van der Waals surface area contributed by atoms with E-state index in [1.165, 1.54) is 12.5 Å². The van der Waals surface area contributed by atoms with E-state index >= 15 is 0 Å². The summed E-state index contributed by atoms with van der Waals surface area (Å²) in [6.45, 7) is 8.33. The van der Waals surface area contributed by atoms with Crippen molar-refractivity contribution in [3.05, 3.63) is 48.4 Å². The van der Waals surface area contributed by atoms with Crippen LogP contribution in [0.2, 0.25) is 0 Å². The lowest BCUT2D eigenvalue weighted by molar-refractivity contribution is -0.130. The minimum absolute atomic E-state index is 0.372. The molecule has 0 fully saturated rings. The number of anilines is 1. The quantitative estimate of drug-likeness (QED) is 0.474. The summed E-state index contributed by atoms with van der Waals surface area (Å²) < 4.78 is 5.24. The van der Waals surface area contributed by atoms with E-state index in [4.69, 9.17) is 4.74 Å². The van der Waals surface area contributed by atoms with E-state index in [-0.39, 0.29) is 5.91 Å². The Hall–Kier alpha value is -3.36. The number of nitrogens with zero attached hydrogens (tertiary/aromatic N) is 1. The van der Waals surface area contributed by atoms with Gasteiger partial charge in [0.1, 0.15) is 23.0 Å². The molecule has 2 aromatic rings. The summed E-state index contributed by atoms with van der Waals surface area (Å²) in [6, 6.07) is 9.12. The number of hydrogen-bond donors (Lipinski definition) is 4. The van der Waals surface area contributed by atoms with Crippen LogP contribution in [-0.4, -0.2) is 45.1 Å². The lowest BCUT2D eigenvalue weighted by atomic mass is 10.0. The Morgan fingerprint density at radius 2 is 1.78 bits per heavy atom. The minimum Gasteiger partial charge on any atom is -0.444 e. The number of aromatic nitrogens is 2. The third-order valence-corrected chi connectivity index (χ3v) is 4.56. The van der Waals surface area contributed by atoms with Crippen LogP contribution in [0.25, 0.3) is 0 Å². The van der Waals surface area contributed by atoms with Gasteiger partial charge >= 0.3 is 6.09 Å². The summed E-state index contributed by atoms with van der Waals surface area (Å²) in [4.78, 5) is 44.6. The van der Waals surface area contributed by atoms with Crippen molar-refractivity contribution in [1.29, 1.82) is 0 Å². The fourth-order valence-corrected chi connectivity index (χ4v) is 2.92. The molecule has 0 radical (unpaired) electrons. The van der Waals surface area contributed by atoms with Crippen LogP contribution in [0.4, 0.5) is 10.6 Å². The predicted molar refractivity (Wildman–Crippen MR) is 122 cm³/mol. The number of imidazole rings is 1. The standard InChI is InChI=1S/C23H33N5O4/c1-22(2,3)32-21(31)28-23(4,5)20(30)26-17(19(29)27-18-14-24-15-25-18)13-9-12-16-10-7-6-8-11-16/h6-8,10-11,14-15,17H,9,12-13H2,1-5H3,(H,24,25)(H,26,30)(H,27,29)(H,28,31)/t17-/m1/s1. The molecule has 0 saturated heterocycles. The molecule has 0 bridgehead atoms. The number of alkyl carbamates (subject to hydrolysis) is 1. The Morgan fingerprint density at radius 1 is 1.09 bits per heavy atom. The highest BCUT2D eigenvalue weighted by Gasteiger charge is 2.34. The van der Waals surface area contributed by atoms with Crippen LogP contribution >= 0.6 is 0 Å². The van der Waals surface area contributed by atoms with Gasteiger partial charge < -0.3 is 25.7 Å².